The van der Waals surface area contributed by atoms with Crippen LogP contribution in [0.5, 0.6) is 0 Å². The van der Waals surface area contributed by atoms with Gasteiger partial charge in [-0.15, -0.1) is 6.58 Å². The molecule has 0 radical (unpaired) electrons. The van der Waals surface area contributed by atoms with E-state index in [1.807, 2.05) is 13.8 Å². The van der Waals surface area contributed by atoms with Crippen molar-refractivity contribution in [2.45, 2.75) is 31.2 Å². The van der Waals surface area contributed by atoms with Gasteiger partial charge in [0, 0.05) is 12.6 Å². The van der Waals surface area contributed by atoms with Crippen LogP contribution >= 0.6 is 23.2 Å². The van der Waals surface area contributed by atoms with Gasteiger partial charge < -0.3 is 5.32 Å². The van der Waals surface area contributed by atoms with Crippen LogP contribution in [0.2, 0.25) is 10.0 Å². The third kappa shape index (κ3) is 5.49. The fraction of sp³-hybridized carbons (Fsp3) is 0.400. The zero-order valence-corrected chi connectivity index (χ0v) is 15.4. The summed E-state index contributed by atoms with van der Waals surface area (Å²) in [7, 11) is -3.88. The lowest BCUT2D eigenvalue weighted by Gasteiger charge is -2.21. The summed E-state index contributed by atoms with van der Waals surface area (Å²) in [5.41, 5.74) is 0. The molecule has 1 unspecified atom stereocenters. The van der Waals surface area contributed by atoms with Crippen LogP contribution in [0.3, 0.4) is 0 Å². The Morgan fingerprint density at radius 3 is 2.57 bits per heavy atom. The van der Waals surface area contributed by atoms with Crippen molar-refractivity contribution in [2.75, 3.05) is 13.1 Å². The molecule has 0 aliphatic rings. The number of halogens is 2. The van der Waals surface area contributed by atoms with Crippen LogP contribution in [0.15, 0.2) is 35.7 Å². The van der Waals surface area contributed by atoms with E-state index in [2.05, 4.69) is 11.9 Å². The number of hydrogen-bond acceptors (Lipinski definition) is 3. The van der Waals surface area contributed by atoms with Crippen molar-refractivity contribution in [2.24, 2.45) is 0 Å². The molecule has 1 atom stereocenters. The van der Waals surface area contributed by atoms with Crippen LogP contribution < -0.4 is 5.32 Å². The Morgan fingerprint density at radius 1 is 1.39 bits per heavy atom. The van der Waals surface area contributed by atoms with Crippen molar-refractivity contribution in [1.29, 1.82) is 0 Å². The maximum atomic E-state index is 12.7. The number of hydrogen-bond donors (Lipinski definition) is 1. The van der Waals surface area contributed by atoms with Crippen molar-refractivity contribution >= 4 is 39.1 Å². The Bertz CT molecular complexity index is 677. The molecule has 128 valence electrons. The lowest BCUT2D eigenvalue weighted by Crippen LogP contribution is -2.43. The van der Waals surface area contributed by atoms with Gasteiger partial charge in [0.1, 0.15) is 0 Å². The Labute approximate surface area is 147 Å². The molecule has 0 bridgehead atoms. The second kappa shape index (κ2) is 8.68. The van der Waals surface area contributed by atoms with Crippen molar-refractivity contribution in [1.82, 2.24) is 9.62 Å². The van der Waals surface area contributed by atoms with Gasteiger partial charge in [0.15, 0.2) is 0 Å². The average molecular weight is 379 g/mol. The third-order valence-corrected chi connectivity index (χ3v) is 5.75. The summed E-state index contributed by atoms with van der Waals surface area (Å²) < 4.78 is 26.4. The van der Waals surface area contributed by atoms with Crippen LogP contribution in [0, 0.1) is 0 Å². The molecular formula is C15H20Cl2N2O3S. The number of benzene rings is 1. The van der Waals surface area contributed by atoms with Gasteiger partial charge in [-0.25, -0.2) is 8.42 Å². The quantitative estimate of drug-likeness (QED) is 0.706. The second-order valence-corrected chi connectivity index (χ2v) is 7.79. The minimum Gasteiger partial charge on any atom is -0.353 e. The molecule has 1 aromatic rings. The van der Waals surface area contributed by atoms with Gasteiger partial charge in [-0.1, -0.05) is 36.2 Å². The second-order valence-electron chi connectivity index (χ2n) is 5.04. The molecule has 0 aromatic heterocycles. The van der Waals surface area contributed by atoms with Gasteiger partial charge in [-0.3, -0.25) is 4.79 Å². The van der Waals surface area contributed by atoms with E-state index in [9.17, 15) is 13.2 Å². The van der Waals surface area contributed by atoms with Crippen LogP contribution in [0.1, 0.15) is 20.3 Å². The average Bonchev–Trinajstić information content (AvgIpc) is 2.49. The predicted octanol–water partition coefficient (Wildman–Crippen LogP) is 3.08. The molecule has 1 aromatic carbocycles. The Morgan fingerprint density at radius 2 is 2.04 bits per heavy atom. The SMILES string of the molecule is C=CCN(CC(=O)NC(C)CC)S(=O)(=O)c1ccc(Cl)c(Cl)c1. The number of amides is 1. The first-order chi connectivity index (χ1) is 10.7. The smallest absolute Gasteiger partial charge is 0.243 e. The molecule has 8 heteroatoms. The minimum absolute atomic E-state index is 0.0104. The van der Waals surface area contributed by atoms with E-state index in [0.717, 1.165) is 10.7 Å². The first-order valence-corrected chi connectivity index (χ1v) is 9.27. The van der Waals surface area contributed by atoms with Crippen LogP contribution in [0.4, 0.5) is 0 Å². The van der Waals surface area contributed by atoms with Gasteiger partial charge in [-0.05, 0) is 31.5 Å². The molecule has 0 spiro atoms. The van der Waals surface area contributed by atoms with E-state index in [0.29, 0.717) is 0 Å². The van der Waals surface area contributed by atoms with Gasteiger partial charge in [0.25, 0.3) is 0 Å². The monoisotopic (exact) mass is 378 g/mol. The number of rotatable bonds is 8. The number of nitrogens with one attached hydrogen (secondary N) is 1. The number of nitrogens with zero attached hydrogens (tertiary/aromatic N) is 1. The van der Waals surface area contributed by atoms with Gasteiger partial charge in [0.05, 0.1) is 21.5 Å². The highest BCUT2D eigenvalue weighted by Gasteiger charge is 2.26. The minimum atomic E-state index is -3.88. The molecule has 1 N–H and O–H groups in total. The molecule has 23 heavy (non-hydrogen) atoms. The fourth-order valence-electron chi connectivity index (χ4n) is 1.76. The highest BCUT2D eigenvalue weighted by atomic mass is 35.5. The van der Waals surface area contributed by atoms with E-state index in [1.165, 1.54) is 24.3 Å². The summed E-state index contributed by atoms with van der Waals surface area (Å²) in [6.07, 6.45) is 2.18. The van der Waals surface area contributed by atoms with E-state index in [-0.39, 0.29) is 40.0 Å². The largest absolute Gasteiger partial charge is 0.353 e. The molecule has 5 nitrogen and oxygen atoms in total. The summed E-state index contributed by atoms with van der Waals surface area (Å²) >= 11 is 11.7. The standard InChI is InChI=1S/C15H20Cl2N2O3S/c1-4-8-19(10-15(20)18-11(3)5-2)23(21,22)12-6-7-13(16)14(17)9-12/h4,6-7,9,11H,1,5,8,10H2,2-3H3,(H,18,20). The van der Waals surface area contributed by atoms with Gasteiger partial charge in [-0.2, -0.15) is 4.31 Å². The molecule has 1 amide bonds. The highest BCUT2D eigenvalue weighted by Crippen LogP contribution is 2.26. The highest BCUT2D eigenvalue weighted by molar-refractivity contribution is 7.89. The maximum absolute atomic E-state index is 12.7. The molecular weight excluding hydrogens is 359 g/mol. The summed E-state index contributed by atoms with van der Waals surface area (Å²) in [4.78, 5) is 12.0. The summed E-state index contributed by atoms with van der Waals surface area (Å²) in [6, 6.07) is 4.00. The third-order valence-electron chi connectivity index (χ3n) is 3.20. The molecule has 0 fully saturated rings. The zero-order valence-electron chi connectivity index (χ0n) is 13.1. The van der Waals surface area contributed by atoms with Crippen LogP contribution in [0.25, 0.3) is 0 Å². The maximum Gasteiger partial charge on any atom is 0.243 e. The van der Waals surface area contributed by atoms with E-state index < -0.39 is 10.0 Å². The first-order valence-electron chi connectivity index (χ1n) is 7.07. The van der Waals surface area contributed by atoms with Crippen LogP contribution in [-0.2, 0) is 14.8 Å². The number of carbonyl (C=O) groups is 1. The van der Waals surface area contributed by atoms with E-state index >= 15 is 0 Å². The molecule has 0 saturated carbocycles. The normalized spacial score (nSPS) is 12.9. The number of carbonyl (C=O) groups excluding carboxylic acids is 1. The van der Waals surface area contributed by atoms with Gasteiger partial charge >= 0.3 is 0 Å². The zero-order chi connectivity index (χ0) is 17.6. The van der Waals surface area contributed by atoms with Crippen molar-refractivity contribution in [3.8, 4) is 0 Å². The molecule has 0 aliphatic heterocycles. The molecule has 0 heterocycles. The lowest BCUT2D eigenvalue weighted by atomic mass is 10.2. The summed E-state index contributed by atoms with van der Waals surface area (Å²) in [5, 5.41) is 3.13. The van der Waals surface area contributed by atoms with Gasteiger partial charge in [0.2, 0.25) is 15.9 Å². The van der Waals surface area contributed by atoms with E-state index in [1.54, 1.807) is 0 Å². The summed E-state index contributed by atoms with van der Waals surface area (Å²) in [6.45, 7) is 7.04. The number of sulfonamides is 1. The summed E-state index contributed by atoms with van der Waals surface area (Å²) in [5.74, 6) is -0.371. The Balaban J connectivity index is 3.04. The van der Waals surface area contributed by atoms with Crippen molar-refractivity contribution in [3.63, 3.8) is 0 Å². The molecule has 0 saturated heterocycles. The van der Waals surface area contributed by atoms with Crippen molar-refractivity contribution in [3.05, 3.63) is 40.9 Å². The predicted molar refractivity (Wildman–Crippen MR) is 93.3 cm³/mol. The van der Waals surface area contributed by atoms with Crippen molar-refractivity contribution < 1.29 is 13.2 Å². The topological polar surface area (TPSA) is 66.5 Å². The lowest BCUT2D eigenvalue weighted by molar-refractivity contribution is -0.121. The fourth-order valence-corrected chi connectivity index (χ4v) is 3.52. The van der Waals surface area contributed by atoms with Crippen LogP contribution in [-0.4, -0.2) is 37.8 Å². The Hall–Kier alpha value is -1.08. The van der Waals surface area contributed by atoms with E-state index in [4.69, 9.17) is 23.2 Å². The first kappa shape index (κ1) is 20.0. The molecule has 0 aliphatic carbocycles. The Kier molecular flexibility index (Phi) is 7.54. The molecule has 1 rings (SSSR count).